The smallest absolute Gasteiger partial charge is 0.146 e. The Kier molecular flexibility index (Phi) is 4.96. The van der Waals surface area contributed by atoms with Gasteiger partial charge in [-0.05, 0) is 50.3 Å². The fraction of sp³-hybridized carbons (Fsp3) is 0.368. The van der Waals surface area contributed by atoms with Gasteiger partial charge in [0.1, 0.15) is 28.5 Å². The first-order valence-electron chi connectivity index (χ1n) is 8.74. The first-order chi connectivity index (χ1) is 12.6. The number of nitrogens with one attached hydrogen (secondary N) is 1. The van der Waals surface area contributed by atoms with Crippen LogP contribution in [0.4, 0.5) is 15.9 Å². The molecule has 0 bridgehead atoms. The summed E-state index contributed by atoms with van der Waals surface area (Å²) in [6.07, 6.45) is 7.20. The summed E-state index contributed by atoms with van der Waals surface area (Å²) < 4.78 is 20.6. The molecule has 1 fully saturated rings. The van der Waals surface area contributed by atoms with Gasteiger partial charge < -0.3 is 10.1 Å². The molecule has 1 N–H and O–H groups in total. The monoisotopic (exact) mass is 391 g/mol. The van der Waals surface area contributed by atoms with Gasteiger partial charge >= 0.3 is 0 Å². The molecule has 0 amide bonds. The number of anilines is 2. The van der Waals surface area contributed by atoms with E-state index in [0.717, 1.165) is 41.5 Å². The Bertz CT molecular complexity index is 940. The summed E-state index contributed by atoms with van der Waals surface area (Å²) >= 11 is 7.68. The number of halogens is 2. The third-order valence-corrected chi connectivity index (χ3v) is 6.21. The Hall–Kier alpha value is -1.92. The first kappa shape index (κ1) is 17.5. The zero-order valence-corrected chi connectivity index (χ0v) is 16.0. The Morgan fingerprint density at radius 2 is 2.04 bits per heavy atom. The molecule has 2 heterocycles. The highest BCUT2D eigenvalue weighted by atomic mass is 35.5. The van der Waals surface area contributed by atoms with Crippen LogP contribution in [0, 0.1) is 12.7 Å². The van der Waals surface area contributed by atoms with Gasteiger partial charge in [0.25, 0.3) is 0 Å². The van der Waals surface area contributed by atoms with E-state index < -0.39 is 0 Å². The van der Waals surface area contributed by atoms with E-state index in [2.05, 4.69) is 15.3 Å². The van der Waals surface area contributed by atoms with Gasteiger partial charge in [0.15, 0.2) is 0 Å². The van der Waals surface area contributed by atoms with Gasteiger partial charge in [-0.25, -0.2) is 14.4 Å². The van der Waals surface area contributed by atoms with Crippen molar-refractivity contribution in [3.8, 4) is 5.75 Å². The van der Waals surface area contributed by atoms with Gasteiger partial charge in [0.05, 0.1) is 21.5 Å². The standard InChI is InChI=1S/C19H19ClFN3OS/c1-11-16-18(22-10-23-19(16)26-17(11)20)24-14-8-7-12(21)9-15(14)25-13-5-3-2-4-6-13/h7-10,13H,2-6H2,1H3,(H,22,23,24). The number of aromatic nitrogens is 2. The SMILES string of the molecule is Cc1c(Cl)sc2ncnc(Nc3ccc(F)cc3OC3CCCCC3)c12. The van der Waals surface area contributed by atoms with E-state index in [-0.39, 0.29) is 11.9 Å². The van der Waals surface area contributed by atoms with Crippen LogP contribution in [0.15, 0.2) is 24.5 Å². The van der Waals surface area contributed by atoms with E-state index >= 15 is 0 Å². The lowest BCUT2D eigenvalue weighted by Crippen LogP contribution is -2.20. The lowest BCUT2D eigenvalue weighted by atomic mass is 9.98. The molecular formula is C19H19ClFN3OS. The van der Waals surface area contributed by atoms with E-state index in [0.29, 0.717) is 21.6 Å². The predicted octanol–water partition coefficient (Wildman–Crippen LogP) is 6.25. The molecule has 1 aromatic carbocycles. The van der Waals surface area contributed by atoms with Crippen LogP contribution in [0.3, 0.4) is 0 Å². The van der Waals surface area contributed by atoms with Crippen LogP contribution in [0.5, 0.6) is 5.75 Å². The molecule has 0 atom stereocenters. The number of benzene rings is 1. The number of aryl methyl sites for hydroxylation is 1. The summed E-state index contributed by atoms with van der Waals surface area (Å²) in [4.78, 5) is 9.47. The number of fused-ring (bicyclic) bond motifs is 1. The van der Waals surface area contributed by atoms with Gasteiger partial charge in [-0.1, -0.05) is 18.0 Å². The summed E-state index contributed by atoms with van der Waals surface area (Å²) in [5.41, 5.74) is 1.63. The minimum Gasteiger partial charge on any atom is -0.488 e. The molecule has 0 saturated heterocycles. The van der Waals surface area contributed by atoms with Crippen molar-refractivity contribution >= 4 is 44.7 Å². The van der Waals surface area contributed by atoms with E-state index in [1.165, 1.54) is 36.2 Å². The number of hydrogen-bond donors (Lipinski definition) is 1. The van der Waals surface area contributed by atoms with Crippen molar-refractivity contribution in [2.24, 2.45) is 0 Å². The maximum Gasteiger partial charge on any atom is 0.146 e. The Labute approximate surface area is 160 Å². The van der Waals surface area contributed by atoms with Crippen molar-refractivity contribution < 1.29 is 9.13 Å². The van der Waals surface area contributed by atoms with Crippen molar-refractivity contribution in [3.05, 3.63) is 40.2 Å². The summed E-state index contributed by atoms with van der Waals surface area (Å²) in [6, 6.07) is 4.54. The van der Waals surface area contributed by atoms with Crippen LogP contribution in [0.1, 0.15) is 37.7 Å². The highest BCUT2D eigenvalue weighted by molar-refractivity contribution is 7.22. The van der Waals surface area contributed by atoms with Crippen LogP contribution in [0.2, 0.25) is 4.34 Å². The molecule has 26 heavy (non-hydrogen) atoms. The largest absolute Gasteiger partial charge is 0.488 e. The molecule has 1 saturated carbocycles. The van der Waals surface area contributed by atoms with Crippen LogP contribution in [-0.2, 0) is 0 Å². The average Bonchev–Trinajstić information content (AvgIpc) is 2.93. The number of rotatable bonds is 4. The Balaban J connectivity index is 1.68. The van der Waals surface area contributed by atoms with Crippen LogP contribution in [0.25, 0.3) is 10.2 Å². The minimum atomic E-state index is -0.316. The molecule has 0 unspecified atom stereocenters. The lowest BCUT2D eigenvalue weighted by molar-refractivity contribution is 0.155. The van der Waals surface area contributed by atoms with Crippen LogP contribution >= 0.6 is 22.9 Å². The number of ether oxygens (including phenoxy) is 1. The van der Waals surface area contributed by atoms with Crippen molar-refractivity contribution in [2.75, 3.05) is 5.32 Å². The predicted molar refractivity (Wildman–Crippen MR) is 104 cm³/mol. The zero-order valence-electron chi connectivity index (χ0n) is 14.4. The third kappa shape index (κ3) is 3.48. The molecule has 0 spiro atoms. The first-order valence-corrected chi connectivity index (χ1v) is 9.94. The second-order valence-electron chi connectivity index (χ2n) is 6.55. The van der Waals surface area contributed by atoms with Gasteiger partial charge in [-0.15, -0.1) is 11.3 Å². The molecule has 3 aromatic rings. The van der Waals surface area contributed by atoms with E-state index in [1.54, 1.807) is 6.07 Å². The Morgan fingerprint density at radius 1 is 1.23 bits per heavy atom. The molecule has 4 nitrogen and oxygen atoms in total. The molecular weight excluding hydrogens is 373 g/mol. The highest BCUT2D eigenvalue weighted by Crippen LogP contribution is 2.39. The van der Waals surface area contributed by atoms with E-state index in [1.807, 2.05) is 6.92 Å². The topological polar surface area (TPSA) is 47.0 Å². The summed E-state index contributed by atoms with van der Waals surface area (Å²) in [7, 11) is 0. The molecule has 1 aliphatic carbocycles. The third-order valence-electron chi connectivity index (χ3n) is 4.71. The summed E-state index contributed by atoms with van der Waals surface area (Å²) in [5, 5.41) is 4.18. The lowest BCUT2D eigenvalue weighted by Gasteiger charge is -2.24. The second-order valence-corrected chi connectivity index (χ2v) is 8.15. The molecule has 2 aromatic heterocycles. The van der Waals surface area contributed by atoms with Gasteiger partial charge in [-0.2, -0.15) is 0 Å². The minimum absolute atomic E-state index is 0.133. The molecule has 7 heteroatoms. The van der Waals surface area contributed by atoms with Crippen molar-refractivity contribution in [2.45, 2.75) is 45.1 Å². The fourth-order valence-corrected chi connectivity index (χ4v) is 4.52. The Morgan fingerprint density at radius 3 is 2.85 bits per heavy atom. The summed E-state index contributed by atoms with van der Waals surface area (Å²) in [5.74, 6) is 0.849. The number of thiophene rings is 1. The average molecular weight is 392 g/mol. The number of hydrogen-bond acceptors (Lipinski definition) is 5. The molecule has 0 radical (unpaired) electrons. The maximum absolute atomic E-state index is 13.8. The second kappa shape index (κ2) is 7.37. The van der Waals surface area contributed by atoms with E-state index in [4.69, 9.17) is 16.3 Å². The maximum atomic E-state index is 13.8. The zero-order chi connectivity index (χ0) is 18.1. The molecule has 136 valence electrons. The van der Waals surface area contributed by atoms with Crippen molar-refractivity contribution in [3.63, 3.8) is 0 Å². The van der Waals surface area contributed by atoms with Gasteiger partial charge in [0, 0.05) is 6.07 Å². The normalized spacial score (nSPS) is 15.3. The summed E-state index contributed by atoms with van der Waals surface area (Å²) in [6.45, 7) is 1.94. The van der Waals surface area contributed by atoms with E-state index in [9.17, 15) is 4.39 Å². The quantitative estimate of drug-likeness (QED) is 0.571. The molecule has 0 aliphatic heterocycles. The van der Waals surface area contributed by atoms with Crippen LogP contribution < -0.4 is 10.1 Å². The van der Waals surface area contributed by atoms with Crippen LogP contribution in [-0.4, -0.2) is 16.1 Å². The highest BCUT2D eigenvalue weighted by Gasteiger charge is 2.19. The van der Waals surface area contributed by atoms with Gasteiger partial charge in [0.2, 0.25) is 0 Å². The molecule has 1 aliphatic rings. The molecule has 4 rings (SSSR count). The van der Waals surface area contributed by atoms with Crippen molar-refractivity contribution in [1.82, 2.24) is 9.97 Å². The van der Waals surface area contributed by atoms with Gasteiger partial charge in [-0.3, -0.25) is 0 Å². The number of nitrogens with zero attached hydrogens (tertiary/aromatic N) is 2. The van der Waals surface area contributed by atoms with Crippen molar-refractivity contribution in [1.29, 1.82) is 0 Å². The fourth-order valence-electron chi connectivity index (χ4n) is 3.33.